The Labute approximate surface area is 351 Å². The number of benzene rings is 6. The van der Waals surface area contributed by atoms with Gasteiger partial charge >= 0.3 is 0 Å². The van der Waals surface area contributed by atoms with Crippen molar-refractivity contribution >= 4 is 85.0 Å². The van der Waals surface area contributed by atoms with Crippen molar-refractivity contribution in [1.82, 2.24) is 4.57 Å². The van der Waals surface area contributed by atoms with Crippen molar-refractivity contribution in [3.05, 3.63) is 206 Å². The highest BCUT2D eigenvalue weighted by molar-refractivity contribution is 7.85. The molecule has 0 bridgehead atoms. The largest absolute Gasteiger partial charge is 0.321 e. The van der Waals surface area contributed by atoms with E-state index in [1.165, 1.54) is 6.07 Å². The highest BCUT2D eigenvalue weighted by Gasteiger charge is 2.34. The van der Waals surface area contributed by atoms with E-state index in [9.17, 15) is 13.0 Å². The van der Waals surface area contributed by atoms with Gasteiger partial charge in [-0.05, 0) is 46.5 Å². The minimum atomic E-state index is -4.53. The van der Waals surface area contributed by atoms with Gasteiger partial charge in [0.2, 0.25) is 0 Å². The van der Waals surface area contributed by atoms with E-state index in [-0.39, 0.29) is 11.4 Å². The number of fused-ring (bicyclic) bond motifs is 2. The molecule has 0 unspecified atom stereocenters. The highest BCUT2D eigenvalue weighted by Crippen LogP contribution is 2.47. The van der Waals surface area contributed by atoms with E-state index >= 15 is 0 Å². The van der Waals surface area contributed by atoms with E-state index < -0.39 is 10.1 Å². The number of anilines is 2. The van der Waals surface area contributed by atoms with Crippen LogP contribution in [0.1, 0.15) is 28.1 Å². The average molecular weight is 854 g/mol. The lowest BCUT2D eigenvalue weighted by Gasteiger charge is -2.26. The van der Waals surface area contributed by atoms with Crippen molar-refractivity contribution in [2.24, 2.45) is 0 Å². The maximum Gasteiger partial charge on any atom is 0.294 e. The standard InChI is InChI=1S/C45H34Cl4N4O3S/c46-35-23-39-40(24-36(35)47)51(28-32-15-6-2-7-16-32)44(50(39)27-31-13-4-1-5-14-31)21-12-22-45-52(29-33-17-8-3-9-18-33)41-25-37(48)38(49)26-42(41)53(45)30-34-19-10-11-20-43(34)57(54,55)56/h1-26H,27-30H2/p+1. The van der Waals surface area contributed by atoms with Crippen LogP contribution in [0.2, 0.25) is 20.1 Å². The second-order valence-corrected chi connectivity index (χ2v) is 16.7. The SMILES string of the molecule is O=S(=O)(O)c1ccccc1CN1C(=CC=Cc2n(Cc3ccccc3)c3cc(Cl)c(Cl)cc3[n+]2Cc2ccccc2)N(Cc2ccccc2)c2cc(Cl)c(Cl)cc21. The Kier molecular flexibility index (Phi) is 11.2. The first-order valence-corrected chi connectivity index (χ1v) is 21.0. The van der Waals surface area contributed by atoms with E-state index in [1.807, 2.05) is 102 Å². The molecule has 0 amide bonds. The van der Waals surface area contributed by atoms with Crippen LogP contribution in [0, 0.1) is 0 Å². The Bertz CT molecular complexity index is 2690. The van der Waals surface area contributed by atoms with Crippen LogP contribution in [0.5, 0.6) is 0 Å². The fraction of sp³-hybridized carbons (Fsp3) is 0.0889. The zero-order valence-corrected chi connectivity index (χ0v) is 34.2. The second kappa shape index (κ2) is 16.4. The van der Waals surface area contributed by atoms with Crippen molar-refractivity contribution in [2.45, 2.75) is 31.1 Å². The Morgan fingerprint density at radius 2 is 1.11 bits per heavy atom. The van der Waals surface area contributed by atoms with Crippen molar-refractivity contribution in [1.29, 1.82) is 0 Å². The normalized spacial score (nSPS) is 13.7. The van der Waals surface area contributed by atoms with Crippen LogP contribution >= 0.6 is 46.4 Å². The molecule has 1 aliphatic rings. The van der Waals surface area contributed by atoms with Crippen LogP contribution in [-0.2, 0) is 36.3 Å². The Balaban J connectivity index is 1.32. The van der Waals surface area contributed by atoms with Gasteiger partial charge in [0.05, 0.1) is 42.9 Å². The third kappa shape index (κ3) is 8.21. The summed E-state index contributed by atoms with van der Waals surface area (Å²) in [6.45, 7) is 1.70. The second-order valence-electron chi connectivity index (χ2n) is 13.6. The fourth-order valence-corrected chi connectivity index (χ4v) is 8.65. The molecule has 0 saturated heterocycles. The molecule has 57 heavy (non-hydrogen) atoms. The molecule has 0 saturated carbocycles. The summed E-state index contributed by atoms with van der Waals surface area (Å²) in [6.07, 6.45) is 6.05. The molecule has 7 aromatic rings. The van der Waals surface area contributed by atoms with Crippen LogP contribution in [0.25, 0.3) is 17.1 Å². The number of hydrogen-bond donors (Lipinski definition) is 1. The Morgan fingerprint density at radius 1 is 0.596 bits per heavy atom. The lowest BCUT2D eigenvalue weighted by molar-refractivity contribution is -0.665. The first-order valence-electron chi connectivity index (χ1n) is 18.1. The van der Waals surface area contributed by atoms with Gasteiger partial charge in [-0.3, -0.25) is 4.55 Å². The minimum Gasteiger partial charge on any atom is -0.321 e. The van der Waals surface area contributed by atoms with Gasteiger partial charge in [0.15, 0.2) is 11.0 Å². The van der Waals surface area contributed by atoms with Gasteiger partial charge in [-0.25, -0.2) is 9.13 Å². The molecule has 0 aliphatic carbocycles. The summed E-state index contributed by atoms with van der Waals surface area (Å²) < 4.78 is 39.8. The quantitative estimate of drug-likeness (QED) is 0.104. The van der Waals surface area contributed by atoms with Gasteiger partial charge < -0.3 is 9.80 Å². The lowest BCUT2D eigenvalue weighted by Crippen LogP contribution is -2.37. The lowest BCUT2D eigenvalue weighted by atomic mass is 10.2. The molecule has 0 atom stereocenters. The highest BCUT2D eigenvalue weighted by atomic mass is 35.5. The Morgan fingerprint density at radius 3 is 1.72 bits per heavy atom. The van der Waals surface area contributed by atoms with Crippen LogP contribution in [0.15, 0.2) is 162 Å². The van der Waals surface area contributed by atoms with Gasteiger partial charge in [0.25, 0.3) is 15.9 Å². The van der Waals surface area contributed by atoms with E-state index in [0.29, 0.717) is 45.3 Å². The first kappa shape index (κ1) is 38.8. The van der Waals surface area contributed by atoms with Crippen LogP contribution in [0.3, 0.4) is 0 Å². The van der Waals surface area contributed by atoms with Crippen molar-refractivity contribution in [2.75, 3.05) is 9.80 Å². The number of allylic oxidation sites excluding steroid dienone is 2. The van der Waals surface area contributed by atoms with Crippen molar-refractivity contribution < 1.29 is 17.5 Å². The minimum absolute atomic E-state index is 0.102. The molecule has 7 nitrogen and oxygen atoms in total. The molecular formula is C45H35Cl4N4O3S+. The van der Waals surface area contributed by atoms with Gasteiger partial charge in [-0.1, -0.05) is 162 Å². The predicted molar refractivity (Wildman–Crippen MR) is 232 cm³/mol. The van der Waals surface area contributed by atoms with Crippen LogP contribution in [0.4, 0.5) is 11.4 Å². The van der Waals surface area contributed by atoms with Crippen molar-refractivity contribution in [3.63, 3.8) is 0 Å². The fourth-order valence-electron chi connectivity index (χ4n) is 7.30. The maximum atomic E-state index is 12.6. The Hall–Kier alpha value is -5.06. The van der Waals surface area contributed by atoms with Crippen molar-refractivity contribution in [3.8, 4) is 0 Å². The molecule has 6 aromatic carbocycles. The summed E-state index contributed by atoms with van der Waals surface area (Å²) in [5, 5.41) is 1.65. The summed E-state index contributed by atoms with van der Waals surface area (Å²) in [7, 11) is -4.53. The van der Waals surface area contributed by atoms with E-state index in [4.69, 9.17) is 46.4 Å². The molecule has 8 rings (SSSR count). The summed E-state index contributed by atoms with van der Waals surface area (Å²) in [4.78, 5) is 3.95. The number of rotatable bonds is 11. The topological polar surface area (TPSA) is 69.7 Å². The third-order valence-corrected chi connectivity index (χ3v) is 12.3. The summed E-state index contributed by atoms with van der Waals surface area (Å²) in [5.41, 5.74) is 7.03. The average Bonchev–Trinajstić information content (AvgIpc) is 3.61. The molecule has 1 aliphatic heterocycles. The van der Waals surface area contributed by atoms with Gasteiger partial charge in [-0.2, -0.15) is 8.42 Å². The molecule has 2 heterocycles. The molecule has 12 heteroatoms. The summed E-state index contributed by atoms with van der Waals surface area (Å²) >= 11 is 26.7. The van der Waals surface area contributed by atoms with Crippen LogP contribution in [-0.4, -0.2) is 17.5 Å². The molecule has 1 N–H and O–H groups in total. The summed E-state index contributed by atoms with van der Waals surface area (Å²) in [5.74, 6) is 1.63. The van der Waals surface area contributed by atoms with E-state index in [2.05, 4.69) is 44.4 Å². The maximum absolute atomic E-state index is 12.6. The zero-order chi connectivity index (χ0) is 39.7. The number of halogens is 4. The summed E-state index contributed by atoms with van der Waals surface area (Å²) in [6, 6.07) is 44.4. The van der Waals surface area contributed by atoms with Gasteiger partial charge in [-0.15, -0.1) is 0 Å². The first-order chi connectivity index (χ1) is 27.5. The van der Waals surface area contributed by atoms with E-state index in [1.54, 1.807) is 24.3 Å². The van der Waals surface area contributed by atoms with Crippen LogP contribution < -0.4 is 14.4 Å². The van der Waals surface area contributed by atoms with Gasteiger partial charge in [0.1, 0.15) is 18.9 Å². The molecule has 1 aromatic heterocycles. The molecular weight excluding hydrogens is 818 g/mol. The molecule has 0 radical (unpaired) electrons. The number of nitrogens with zero attached hydrogens (tertiary/aromatic N) is 4. The smallest absolute Gasteiger partial charge is 0.294 e. The monoisotopic (exact) mass is 851 g/mol. The molecule has 0 fully saturated rings. The number of hydrogen-bond acceptors (Lipinski definition) is 4. The van der Waals surface area contributed by atoms with Gasteiger partial charge in [0, 0.05) is 24.8 Å². The zero-order valence-electron chi connectivity index (χ0n) is 30.3. The molecule has 286 valence electrons. The number of aromatic nitrogens is 2. The predicted octanol–water partition coefficient (Wildman–Crippen LogP) is 11.5. The van der Waals surface area contributed by atoms with E-state index in [0.717, 1.165) is 50.7 Å². The number of imidazole rings is 1. The molecule has 0 spiro atoms. The third-order valence-electron chi connectivity index (χ3n) is 9.92.